The number of carbonyl (C=O) groups is 1. The van der Waals surface area contributed by atoms with Crippen molar-refractivity contribution in [3.05, 3.63) is 29.8 Å². The van der Waals surface area contributed by atoms with Crippen LogP contribution in [-0.4, -0.2) is 70.7 Å². The van der Waals surface area contributed by atoms with Crippen LogP contribution >= 0.6 is 11.8 Å². The number of amides is 1. The zero-order chi connectivity index (χ0) is 20.1. The molecule has 7 nitrogen and oxygen atoms in total. The van der Waals surface area contributed by atoms with Gasteiger partial charge in [0.05, 0.1) is 24.7 Å². The molecule has 0 spiro atoms. The van der Waals surface area contributed by atoms with Crippen LogP contribution in [-0.2, 0) is 9.53 Å². The monoisotopic (exact) mass is 415 g/mol. The first kappa shape index (κ1) is 20.2. The van der Waals surface area contributed by atoms with E-state index in [9.17, 15) is 4.79 Å². The summed E-state index contributed by atoms with van der Waals surface area (Å²) in [6.45, 7) is 6.82. The van der Waals surface area contributed by atoms with Gasteiger partial charge in [-0.1, -0.05) is 42.8 Å². The molecule has 1 amide bonds. The maximum atomic E-state index is 12.8. The number of aromatic nitrogens is 3. The lowest BCUT2D eigenvalue weighted by molar-refractivity contribution is -0.128. The lowest BCUT2D eigenvalue weighted by atomic mass is 10.2. The third-order valence-corrected chi connectivity index (χ3v) is 6.46. The van der Waals surface area contributed by atoms with Crippen LogP contribution in [0.2, 0.25) is 0 Å². The molecule has 2 aliphatic heterocycles. The Bertz CT molecular complexity index is 826. The van der Waals surface area contributed by atoms with Crippen LogP contribution in [0.3, 0.4) is 0 Å². The summed E-state index contributed by atoms with van der Waals surface area (Å²) in [6, 6.07) is 8.24. The van der Waals surface area contributed by atoms with E-state index in [1.54, 1.807) is 0 Å². The minimum atomic E-state index is 0.198. The molecule has 0 aliphatic carbocycles. The Labute approximate surface area is 176 Å². The molecular formula is C21H29N5O2S. The quantitative estimate of drug-likeness (QED) is 0.700. The maximum Gasteiger partial charge on any atom is 0.233 e. The molecule has 0 bridgehead atoms. The Balaban J connectivity index is 1.57. The van der Waals surface area contributed by atoms with Gasteiger partial charge in [0.25, 0.3) is 0 Å². The van der Waals surface area contributed by atoms with Gasteiger partial charge >= 0.3 is 0 Å². The summed E-state index contributed by atoms with van der Waals surface area (Å²) >= 11 is 1.48. The van der Waals surface area contributed by atoms with Crippen LogP contribution in [0.4, 0.5) is 5.95 Å². The molecule has 0 N–H and O–H groups in total. The van der Waals surface area contributed by atoms with Crippen molar-refractivity contribution in [3.8, 4) is 5.69 Å². The lowest BCUT2D eigenvalue weighted by Crippen LogP contribution is -2.38. The first-order valence-electron chi connectivity index (χ1n) is 10.5. The first-order valence-corrected chi connectivity index (χ1v) is 11.5. The molecule has 1 aromatic carbocycles. The van der Waals surface area contributed by atoms with E-state index in [-0.39, 0.29) is 5.91 Å². The average Bonchev–Trinajstić information content (AvgIpc) is 2.97. The highest BCUT2D eigenvalue weighted by Crippen LogP contribution is 2.29. The van der Waals surface area contributed by atoms with E-state index < -0.39 is 0 Å². The fourth-order valence-corrected chi connectivity index (χ4v) is 4.73. The van der Waals surface area contributed by atoms with Crippen LogP contribution in [0.15, 0.2) is 29.4 Å². The van der Waals surface area contributed by atoms with Gasteiger partial charge in [-0.25, -0.2) is 0 Å². The Hall–Kier alpha value is -2.06. The summed E-state index contributed by atoms with van der Waals surface area (Å²) in [6.07, 6.45) is 4.66. The number of anilines is 1. The lowest BCUT2D eigenvalue weighted by Gasteiger charge is -2.28. The summed E-state index contributed by atoms with van der Waals surface area (Å²) in [5.74, 6) is 1.42. The van der Waals surface area contributed by atoms with E-state index in [1.807, 2.05) is 17.0 Å². The van der Waals surface area contributed by atoms with Gasteiger partial charge in [0, 0.05) is 26.2 Å². The molecule has 2 fully saturated rings. The Morgan fingerprint density at radius 2 is 1.76 bits per heavy atom. The molecule has 8 heteroatoms. The molecular weight excluding hydrogens is 386 g/mol. The van der Waals surface area contributed by atoms with Crippen molar-refractivity contribution in [2.24, 2.45) is 0 Å². The van der Waals surface area contributed by atoms with Gasteiger partial charge < -0.3 is 14.5 Å². The van der Waals surface area contributed by atoms with Crippen molar-refractivity contribution in [3.63, 3.8) is 0 Å². The molecule has 0 atom stereocenters. The van der Waals surface area contributed by atoms with Crippen LogP contribution in [0.5, 0.6) is 0 Å². The number of ether oxygens (including phenoxy) is 1. The Morgan fingerprint density at radius 1 is 1.03 bits per heavy atom. The smallest absolute Gasteiger partial charge is 0.233 e. The Kier molecular flexibility index (Phi) is 6.71. The minimum absolute atomic E-state index is 0.198. The molecule has 1 aromatic heterocycles. The topological polar surface area (TPSA) is 63.5 Å². The second-order valence-corrected chi connectivity index (χ2v) is 8.53. The molecule has 0 saturated carbocycles. The predicted molar refractivity (Wildman–Crippen MR) is 115 cm³/mol. The summed E-state index contributed by atoms with van der Waals surface area (Å²) in [5, 5.41) is 9.74. The molecule has 2 saturated heterocycles. The zero-order valence-corrected chi connectivity index (χ0v) is 17.9. The van der Waals surface area contributed by atoms with Gasteiger partial charge in [0.15, 0.2) is 5.16 Å². The van der Waals surface area contributed by atoms with Crippen LogP contribution in [0, 0.1) is 6.92 Å². The number of benzene rings is 1. The van der Waals surface area contributed by atoms with Crippen molar-refractivity contribution in [1.82, 2.24) is 19.7 Å². The number of nitrogens with zero attached hydrogens (tertiary/aromatic N) is 5. The number of hydrogen-bond donors (Lipinski definition) is 0. The highest BCUT2D eigenvalue weighted by Gasteiger charge is 2.24. The summed E-state index contributed by atoms with van der Waals surface area (Å²) in [7, 11) is 0. The van der Waals surface area contributed by atoms with Crippen LogP contribution < -0.4 is 4.90 Å². The van der Waals surface area contributed by atoms with Crippen molar-refractivity contribution in [2.75, 3.05) is 50.0 Å². The normalized spacial score (nSPS) is 18.0. The van der Waals surface area contributed by atoms with E-state index >= 15 is 0 Å². The van der Waals surface area contributed by atoms with Gasteiger partial charge in [-0.05, 0) is 31.4 Å². The SMILES string of the molecule is Cc1ccccc1-n1c(SCC(=O)N2CCCCCC2)nnc1N1CCOCC1. The molecule has 29 heavy (non-hydrogen) atoms. The van der Waals surface area contributed by atoms with Crippen molar-refractivity contribution < 1.29 is 9.53 Å². The van der Waals surface area contributed by atoms with E-state index in [0.29, 0.717) is 19.0 Å². The molecule has 0 unspecified atom stereocenters. The third kappa shape index (κ3) is 4.75. The standard InChI is InChI=1S/C21H29N5O2S/c1-17-8-4-5-9-18(17)26-20(25-12-14-28-15-13-25)22-23-21(26)29-16-19(27)24-10-6-2-3-7-11-24/h4-5,8-9H,2-3,6-7,10-16H2,1H3. The van der Waals surface area contributed by atoms with E-state index in [4.69, 9.17) is 4.74 Å². The molecule has 0 radical (unpaired) electrons. The Morgan fingerprint density at radius 3 is 2.48 bits per heavy atom. The molecule has 3 heterocycles. The number of para-hydroxylation sites is 1. The average molecular weight is 416 g/mol. The summed E-state index contributed by atoms with van der Waals surface area (Å²) in [4.78, 5) is 17.0. The van der Waals surface area contributed by atoms with Crippen molar-refractivity contribution in [1.29, 1.82) is 0 Å². The van der Waals surface area contributed by atoms with Gasteiger partial charge in [-0.15, -0.1) is 10.2 Å². The number of carbonyl (C=O) groups excluding carboxylic acids is 1. The van der Waals surface area contributed by atoms with Crippen LogP contribution in [0.25, 0.3) is 5.69 Å². The first-order chi connectivity index (χ1) is 14.2. The third-order valence-electron chi connectivity index (χ3n) is 5.55. The van der Waals surface area contributed by atoms with E-state index in [0.717, 1.165) is 61.4 Å². The predicted octanol–water partition coefficient (Wildman–Crippen LogP) is 2.91. The summed E-state index contributed by atoms with van der Waals surface area (Å²) in [5.41, 5.74) is 2.21. The van der Waals surface area contributed by atoms with E-state index in [1.165, 1.54) is 24.6 Å². The highest BCUT2D eigenvalue weighted by molar-refractivity contribution is 7.99. The van der Waals surface area contributed by atoms with Gasteiger partial charge in [-0.2, -0.15) is 0 Å². The highest BCUT2D eigenvalue weighted by atomic mass is 32.2. The zero-order valence-electron chi connectivity index (χ0n) is 17.0. The fraction of sp³-hybridized carbons (Fsp3) is 0.571. The number of rotatable bonds is 5. The molecule has 156 valence electrons. The largest absolute Gasteiger partial charge is 0.378 e. The van der Waals surface area contributed by atoms with Gasteiger partial charge in [0.1, 0.15) is 0 Å². The minimum Gasteiger partial charge on any atom is -0.378 e. The van der Waals surface area contributed by atoms with Gasteiger partial charge in [0.2, 0.25) is 11.9 Å². The number of aryl methyl sites for hydroxylation is 1. The van der Waals surface area contributed by atoms with Crippen LogP contribution in [0.1, 0.15) is 31.2 Å². The number of likely N-dealkylation sites (tertiary alicyclic amines) is 1. The fourth-order valence-electron chi connectivity index (χ4n) is 3.89. The summed E-state index contributed by atoms with van der Waals surface area (Å²) < 4.78 is 7.60. The number of morpholine rings is 1. The van der Waals surface area contributed by atoms with Gasteiger partial charge in [-0.3, -0.25) is 9.36 Å². The number of thioether (sulfide) groups is 1. The number of hydrogen-bond acceptors (Lipinski definition) is 6. The molecule has 2 aliphatic rings. The second-order valence-electron chi connectivity index (χ2n) is 7.59. The van der Waals surface area contributed by atoms with Crippen molar-refractivity contribution in [2.45, 2.75) is 37.8 Å². The maximum absolute atomic E-state index is 12.8. The van der Waals surface area contributed by atoms with Crippen molar-refractivity contribution >= 4 is 23.6 Å². The molecule has 4 rings (SSSR count). The second kappa shape index (κ2) is 9.63. The van der Waals surface area contributed by atoms with E-state index in [2.05, 4.69) is 38.7 Å². The molecule has 2 aromatic rings.